The molecule has 0 spiro atoms. The van der Waals surface area contributed by atoms with Gasteiger partial charge in [-0.05, 0) is 85.4 Å². The normalized spacial score (nSPS) is 22.8. The smallest absolute Gasteiger partial charge is 0.420 e. The first kappa shape index (κ1) is 24.9. The van der Waals surface area contributed by atoms with E-state index in [1.807, 2.05) is 60.6 Å². The summed E-state index contributed by atoms with van der Waals surface area (Å²) in [5.41, 5.74) is 2.56. The van der Waals surface area contributed by atoms with Crippen LogP contribution in [0.3, 0.4) is 0 Å². The number of aryl methyl sites for hydroxylation is 2. The van der Waals surface area contributed by atoms with Gasteiger partial charge in [0.25, 0.3) is 0 Å². The molecular formula is C27H35N3O6. The number of carbonyl (C=O) groups is 1. The molecule has 1 saturated heterocycles. The number of nitrogens with zero attached hydrogens (tertiary/aromatic N) is 3. The van der Waals surface area contributed by atoms with Gasteiger partial charge >= 0.3 is 6.09 Å². The fourth-order valence-corrected chi connectivity index (χ4v) is 5.23. The van der Waals surface area contributed by atoms with E-state index in [2.05, 4.69) is 5.16 Å². The molecule has 3 aromatic rings. The zero-order chi connectivity index (χ0) is 26.2. The van der Waals surface area contributed by atoms with Crippen molar-refractivity contribution in [2.45, 2.75) is 97.2 Å². The topological polar surface area (TPSA) is 120 Å². The molecule has 0 radical (unpaired) electrons. The predicted octanol–water partition coefficient (Wildman–Crippen LogP) is 5.14. The number of hydrogen-bond acceptors (Lipinski definition) is 8. The van der Waals surface area contributed by atoms with Crippen LogP contribution in [0.4, 0.5) is 4.79 Å². The standard InChI is InChI=1S/C27H35N3O6/c1-13-20(14(2)36-29-13)16-10-17(22(31)18-12-27(6,7)34-24(18)32)21-19(11-16)30(23(28-21)15-8-9-15)25(33)35-26(3,4)5/h10-11,15,18,22,24,31-32H,8-9,12H2,1-7H3. The first-order valence-corrected chi connectivity index (χ1v) is 12.5. The Kier molecular flexibility index (Phi) is 5.81. The molecule has 5 rings (SSSR count). The molecule has 1 aliphatic carbocycles. The largest absolute Gasteiger partial charge is 0.443 e. The lowest BCUT2D eigenvalue weighted by Crippen LogP contribution is -2.28. The molecule has 0 amide bonds. The van der Waals surface area contributed by atoms with E-state index in [0.29, 0.717) is 40.3 Å². The van der Waals surface area contributed by atoms with E-state index >= 15 is 0 Å². The van der Waals surface area contributed by atoms with Crippen LogP contribution in [0.5, 0.6) is 0 Å². The van der Waals surface area contributed by atoms with Crippen LogP contribution in [0, 0.1) is 19.8 Å². The van der Waals surface area contributed by atoms with E-state index in [9.17, 15) is 15.0 Å². The Bertz CT molecular complexity index is 1310. The number of aromatic nitrogens is 3. The van der Waals surface area contributed by atoms with E-state index in [4.69, 9.17) is 19.0 Å². The Labute approximate surface area is 210 Å². The van der Waals surface area contributed by atoms with Crippen molar-refractivity contribution in [2.75, 3.05) is 0 Å². The Morgan fingerprint density at radius 3 is 2.47 bits per heavy atom. The van der Waals surface area contributed by atoms with Crippen LogP contribution >= 0.6 is 0 Å². The van der Waals surface area contributed by atoms with Gasteiger partial charge < -0.3 is 24.2 Å². The van der Waals surface area contributed by atoms with Crippen LogP contribution in [0.15, 0.2) is 16.7 Å². The molecule has 0 bridgehead atoms. The lowest BCUT2D eigenvalue weighted by atomic mass is 9.87. The lowest BCUT2D eigenvalue weighted by Gasteiger charge is -2.22. The van der Waals surface area contributed by atoms with Crippen molar-refractivity contribution in [3.05, 3.63) is 35.0 Å². The minimum atomic E-state index is -1.12. The van der Waals surface area contributed by atoms with Gasteiger partial charge in [-0.25, -0.2) is 14.3 Å². The Morgan fingerprint density at radius 1 is 1.25 bits per heavy atom. The van der Waals surface area contributed by atoms with Crippen LogP contribution in [0.2, 0.25) is 0 Å². The van der Waals surface area contributed by atoms with Crippen LogP contribution in [-0.2, 0) is 9.47 Å². The Balaban J connectivity index is 1.75. The molecule has 1 saturated carbocycles. The number of imidazole rings is 1. The van der Waals surface area contributed by atoms with Gasteiger partial charge in [-0.1, -0.05) is 5.16 Å². The first-order chi connectivity index (χ1) is 16.8. The van der Waals surface area contributed by atoms with Crippen molar-refractivity contribution in [3.8, 4) is 11.1 Å². The van der Waals surface area contributed by atoms with Crippen molar-refractivity contribution >= 4 is 17.1 Å². The summed E-state index contributed by atoms with van der Waals surface area (Å²) in [6.45, 7) is 12.9. The minimum Gasteiger partial charge on any atom is -0.443 e. The SMILES string of the molecule is Cc1noc(C)c1-c1cc(C(O)C2CC(C)(C)OC2O)c2nc(C3CC3)n(C(=O)OC(C)(C)C)c2c1. The summed E-state index contributed by atoms with van der Waals surface area (Å²) in [5, 5.41) is 26.3. The van der Waals surface area contributed by atoms with Crippen molar-refractivity contribution in [1.82, 2.24) is 14.7 Å². The highest BCUT2D eigenvalue weighted by atomic mass is 16.6. The van der Waals surface area contributed by atoms with E-state index in [0.717, 1.165) is 24.0 Å². The van der Waals surface area contributed by atoms with Gasteiger partial charge in [0.2, 0.25) is 0 Å². The number of rotatable bonds is 4. The Hall–Kier alpha value is -2.75. The van der Waals surface area contributed by atoms with Crippen molar-refractivity contribution in [1.29, 1.82) is 0 Å². The molecule has 1 aromatic carbocycles. The van der Waals surface area contributed by atoms with Gasteiger partial charge in [-0.15, -0.1) is 0 Å². The number of carbonyl (C=O) groups excluding carboxylic acids is 1. The zero-order valence-electron chi connectivity index (χ0n) is 22.0. The fraction of sp³-hybridized carbons (Fsp3) is 0.593. The maximum atomic E-state index is 13.4. The monoisotopic (exact) mass is 497 g/mol. The number of fused-ring (bicyclic) bond motifs is 1. The van der Waals surface area contributed by atoms with Gasteiger partial charge in [0.15, 0.2) is 6.29 Å². The summed E-state index contributed by atoms with van der Waals surface area (Å²) in [6, 6.07) is 3.74. The van der Waals surface area contributed by atoms with Gasteiger partial charge in [0.05, 0.1) is 28.4 Å². The second kappa shape index (κ2) is 8.39. The average molecular weight is 498 g/mol. The number of ether oxygens (including phenoxy) is 2. The van der Waals surface area contributed by atoms with Crippen LogP contribution < -0.4 is 0 Å². The third-order valence-corrected chi connectivity index (χ3v) is 6.91. The van der Waals surface area contributed by atoms with Gasteiger partial charge in [0.1, 0.15) is 17.2 Å². The van der Waals surface area contributed by atoms with Gasteiger partial charge in [0, 0.05) is 23.0 Å². The van der Waals surface area contributed by atoms with Gasteiger partial charge in [-0.2, -0.15) is 0 Å². The van der Waals surface area contributed by atoms with Crippen LogP contribution in [0.25, 0.3) is 22.2 Å². The number of aliphatic hydroxyl groups excluding tert-OH is 2. The molecule has 2 N–H and O–H groups in total. The summed E-state index contributed by atoms with van der Waals surface area (Å²) in [5.74, 6) is 0.853. The average Bonchev–Trinajstić information content (AvgIpc) is 3.36. The second-order valence-electron chi connectivity index (χ2n) is 11.8. The summed E-state index contributed by atoms with van der Waals surface area (Å²) in [7, 11) is 0. The number of benzene rings is 1. The van der Waals surface area contributed by atoms with Crippen LogP contribution in [0.1, 0.15) is 88.7 Å². The third-order valence-electron chi connectivity index (χ3n) is 6.91. The van der Waals surface area contributed by atoms with Gasteiger partial charge in [-0.3, -0.25) is 0 Å². The highest BCUT2D eigenvalue weighted by molar-refractivity contribution is 5.93. The zero-order valence-corrected chi connectivity index (χ0v) is 22.0. The highest BCUT2D eigenvalue weighted by Crippen LogP contribution is 2.46. The molecule has 3 heterocycles. The maximum Gasteiger partial charge on any atom is 0.420 e. The van der Waals surface area contributed by atoms with Crippen molar-refractivity contribution < 1.29 is 29.0 Å². The van der Waals surface area contributed by atoms with Crippen LogP contribution in [-0.4, -0.2) is 48.5 Å². The molecule has 2 aromatic heterocycles. The molecule has 3 unspecified atom stereocenters. The molecule has 2 fully saturated rings. The highest BCUT2D eigenvalue weighted by Gasteiger charge is 2.44. The third kappa shape index (κ3) is 4.44. The first-order valence-electron chi connectivity index (χ1n) is 12.5. The van der Waals surface area contributed by atoms with E-state index < -0.39 is 35.6 Å². The summed E-state index contributed by atoms with van der Waals surface area (Å²) < 4.78 is 18.4. The summed E-state index contributed by atoms with van der Waals surface area (Å²) >= 11 is 0. The van der Waals surface area contributed by atoms with Crippen molar-refractivity contribution in [2.24, 2.45) is 5.92 Å². The maximum absolute atomic E-state index is 13.4. The molecule has 3 atom stereocenters. The second-order valence-corrected chi connectivity index (χ2v) is 11.8. The van der Waals surface area contributed by atoms with E-state index in [1.165, 1.54) is 0 Å². The molecule has 194 valence electrons. The van der Waals surface area contributed by atoms with Crippen molar-refractivity contribution in [3.63, 3.8) is 0 Å². The van der Waals surface area contributed by atoms with E-state index in [1.54, 1.807) is 4.57 Å². The Morgan fingerprint density at radius 2 is 1.94 bits per heavy atom. The molecule has 1 aliphatic heterocycles. The quantitative estimate of drug-likeness (QED) is 0.509. The minimum absolute atomic E-state index is 0.150. The molecule has 2 aliphatic rings. The number of hydrogen-bond donors (Lipinski definition) is 2. The summed E-state index contributed by atoms with van der Waals surface area (Å²) in [6.07, 6.45) is -0.362. The molecular weight excluding hydrogens is 462 g/mol. The molecule has 36 heavy (non-hydrogen) atoms. The molecule has 9 heteroatoms. The fourth-order valence-electron chi connectivity index (χ4n) is 5.23. The lowest BCUT2D eigenvalue weighted by molar-refractivity contribution is -0.147. The van der Waals surface area contributed by atoms with E-state index in [-0.39, 0.29) is 5.92 Å². The summed E-state index contributed by atoms with van der Waals surface area (Å²) in [4.78, 5) is 18.3. The predicted molar refractivity (Wildman–Crippen MR) is 133 cm³/mol. The number of aliphatic hydroxyl groups is 2. The molecule has 9 nitrogen and oxygen atoms in total.